The molecule has 1 N–H and O–H groups in total. The van der Waals surface area contributed by atoms with Gasteiger partial charge in [-0.05, 0) is 12.1 Å². The van der Waals surface area contributed by atoms with Gasteiger partial charge in [0.05, 0.1) is 33.6 Å². The number of pyridine rings is 1. The fourth-order valence-electron chi connectivity index (χ4n) is 3.59. The Kier molecular flexibility index (Phi) is 6.20. The van der Waals surface area contributed by atoms with Crippen molar-refractivity contribution in [2.45, 2.75) is 24.6 Å². The van der Waals surface area contributed by atoms with E-state index in [1.54, 1.807) is 0 Å². The number of ether oxygens (including phenoxy) is 1. The lowest BCUT2D eigenvalue weighted by atomic mass is 10.1. The Hall–Kier alpha value is -3.16. The first-order chi connectivity index (χ1) is 17.3. The highest BCUT2D eigenvalue weighted by molar-refractivity contribution is 6.36. The zero-order valence-electron chi connectivity index (χ0n) is 17.9. The molecule has 1 aliphatic rings. The summed E-state index contributed by atoms with van der Waals surface area (Å²) in [7, 11) is 0. The number of benzene rings is 1. The van der Waals surface area contributed by atoms with Crippen molar-refractivity contribution < 1.29 is 36.0 Å². The third-order valence-corrected chi connectivity index (χ3v) is 6.23. The molecule has 1 amide bonds. The summed E-state index contributed by atoms with van der Waals surface area (Å²) in [5.41, 5.74) is -0.695. The minimum Gasteiger partial charge on any atom is -0.487 e. The molecule has 16 heteroatoms. The Morgan fingerprint density at radius 3 is 2.54 bits per heavy atom. The zero-order chi connectivity index (χ0) is 26.7. The molecule has 3 aromatic heterocycles. The second-order valence-electron chi connectivity index (χ2n) is 7.98. The van der Waals surface area contributed by atoms with Gasteiger partial charge in [0, 0.05) is 24.0 Å². The maximum Gasteiger partial charge on any atom is 0.417 e. The summed E-state index contributed by atoms with van der Waals surface area (Å²) in [6.45, 7) is -0.147. The maximum absolute atomic E-state index is 13.7. The van der Waals surface area contributed by atoms with E-state index in [-0.39, 0.29) is 56.0 Å². The Morgan fingerprint density at radius 1 is 1.08 bits per heavy atom. The second-order valence-corrected chi connectivity index (χ2v) is 9.20. The minimum atomic E-state index is -4.61. The first-order valence-electron chi connectivity index (χ1n) is 10.2. The van der Waals surface area contributed by atoms with Crippen molar-refractivity contribution in [3.05, 3.63) is 51.2 Å². The van der Waals surface area contributed by atoms with Crippen LogP contribution in [0.5, 0.6) is 5.75 Å². The van der Waals surface area contributed by atoms with Crippen LogP contribution in [-0.2, 0) is 11.0 Å². The van der Waals surface area contributed by atoms with Crippen LogP contribution in [0.25, 0.3) is 28.6 Å². The fourth-order valence-corrected chi connectivity index (χ4v) is 4.30. The Bertz CT molecular complexity index is 1540. The first-order valence-corrected chi connectivity index (χ1v) is 11.4. The van der Waals surface area contributed by atoms with Crippen molar-refractivity contribution in [3.63, 3.8) is 0 Å². The van der Waals surface area contributed by atoms with E-state index in [1.165, 1.54) is 18.3 Å². The summed E-state index contributed by atoms with van der Waals surface area (Å²) in [6.07, 6.45) is -4.45. The fraction of sp³-hybridized carbons (Fsp3) is 0.238. The Morgan fingerprint density at radius 2 is 1.84 bits per heavy atom. The maximum atomic E-state index is 13.7. The molecule has 1 fully saturated rings. The molecule has 194 valence electrons. The highest BCUT2D eigenvalue weighted by Crippen LogP contribution is 2.38. The lowest BCUT2D eigenvalue weighted by Gasteiger charge is -2.29. The highest BCUT2D eigenvalue weighted by atomic mass is 35.5. The summed E-state index contributed by atoms with van der Waals surface area (Å²) >= 11 is 18.5. The minimum absolute atomic E-state index is 0.00783. The van der Waals surface area contributed by atoms with Gasteiger partial charge in [0.2, 0.25) is 5.82 Å². The number of imidazole rings is 1. The van der Waals surface area contributed by atoms with Gasteiger partial charge in [-0.3, -0.25) is 4.79 Å². The predicted octanol–water partition coefficient (Wildman–Crippen LogP) is 5.93. The summed E-state index contributed by atoms with van der Waals surface area (Å²) < 4.78 is 78.4. The summed E-state index contributed by atoms with van der Waals surface area (Å²) in [6, 6.07) is 3.34. The normalized spacial score (nSPS) is 17.7. The first kappa shape index (κ1) is 25.5. The number of nitrogens with zero attached hydrogens (tertiary/aromatic N) is 4. The predicted molar refractivity (Wildman–Crippen MR) is 121 cm³/mol. The second kappa shape index (κ2) is 8.99. The number of halogens is 8. The van der Waals surface area contributed by atoms with Crippen LogP contribution in [-0.4, -0.2) is 44.0 Å². The van der Waals surface area contributed by atoms with Crippen LogP contribution in [0.1, 0.15) is 12.0 Å². The van der Waals surface area contributed by atoms with E-state index < -0.39 is 36.1 Å². The quantitative estimate of drug-likeness (QED) is 0.300. The van der Waals surface area contributed by atoms with Gasteiger partial charge in [-0.1, -0.05) is 40.0 Å². The van der Waals surface area contributed by atoms with Crippen LogP contribution >= 0.6 is 34.8 Å². The van der Waals surface area contributed by atoms with E-state index in [0.29, 0.717) is 0 Å². The van der Waals surface area contributed by atoms with Gasteiger partial charge in [0.1, 0.15) is 17.5 Å². The molecule has 4 aromatic rings. The average Bonchev–Trinajstić information content (AvgIpc) is 3.45. The number of alkyl halides is 5. The molecule has 1 aliphatic heterocycles. The highest BCUT2D eigenvalue weighted by Gasteiger charge is 2.45. The number of hydrogen-bond donors (Lipinski definition) is 1. The smallest absolute Gasteiger partial charge is 0.417 e. The lowest BCUT2D eigenvalue weighted by molar-refractivity contribution is -0.154. The number of hydrogen-bond acceptors (Lipinski definition) is 6. The molecule has 0 radical (unpaired) electrons. The molecular weight excluding hydrogens is 572 g/mol. The number of amides is 1. The van der Waals surface area contributed by atoms with Crippen LogP contribution in [0.3, 0.4) is 0 Å². The van der Waals surface area contributed by atoms with Crippen molar-refractivity contribution in [2.75, 3.05) is 6.54 Å². The summed E-state index contributed by atoms with van der Waals surface area (Å²) in [5.74, 6) is -5.16. The number of fused-ring (bicyclic) bond motifs is 1. The van der Waals surface area contributed by atoms with E-state index in [4.69, 9.17) is 44.1 Å². The molecule has 1 saturated heterocycles. The summed E-state index contributed by atoms with van der Waals surface area (Å²) in [4.78, 5) is 19.5. The monoisotopic (exact) mass is 581 g/mol. The van der Waals surface area contributed by atoms with Gasteiger partial charge in [0.25, 0.3) is 11.8 Å². The largest absolute Gasteiger partial charge is 0.487 e. The average molecular weight is 583 g/mol. The number of aromatic nitrogens is 4. The van der Waals surface area contributed by atoms with Gasteiger partial charge < -0.3 is 19.0 Å². The number of rotatable bonds is 4. The van der Waals surface area contributed by atoms with Crippen LogP contribution < -0.4 is 10.1 Å². The number of carbonyl (C=O) groups excluding carboxylic acids is 1. The molecule has 1 atom stereocenters. The zero-order valence-corrected chi connectivity index (χ0v) is 20.2. The molecule has 0 unspecified atom stereocenters. The number of carbonyl (C=O) groups is 1. The molecule has 0 bridgehead atoms. The topological polar surface area (TPSA) is 94.5 Å². The summed E-state index contributed by atoms with van der Waals surface area (Å²) in [5, 5.41) is 5.66. The van der Waals surface area contributed by atoms with Crippen molar-refractivity contribution in [1.82, 2.24) is 24.8 Å². The third kappa shape index (κ3) is 4.90. The van der Waals surface area contributed by atoms with Gasteiger partial charge in [-0.2, -0.15) is 26.9 Å². The van der Waals surface area contributed by atoms with Crippen molar-refractivity contribution in [1.29, 1.82) is 0 Å². The number of piperidine rings is 1. The van der Waals surface area contributed by atoms with Crippen LogP contribution in [0.2, 0.25) is 15.1 Å². The lowest BCUT2D eigenvalue weighted by Crippen LogP contribution is -2.53. The standard InChI is InChI=1S/C21H11Cl3F5N5O3/c22-11-3-15(36-9-4-20(25,26)19(35)30-5-9)12(23)2-10(11)16-32-18(37-33-16)14-7-34-6-8(21(27,28)29)1-13(24)17(34)31-14/h1-3,6-7,9H,4-5H2,(H,30,35)/t9-/m1/s1. The molecule has 37 heavy (non-hydrogen) atoms. The molecule has 4 heterocycles. The van der Waals surface area contributed by atoms with E-state index in [1.807, 2.05) is 0 Å². The molecule has 0 saturated carbocycles. The molecule has 8 nitrogen and oxygen atoms in total. The molecule has 1 aromatic carbocycles. The third-order valence-electron chi connectivity index (χ3n) is 5.34. The van der Waals surface area contributed by atoms with Gasteiger partial charge >= 0.3 is 12.1 Å². The van der Waals surface area contributed by atoms with Crippen molar-refractivity contribution in [3.8, 4) is 28.7 Å². The van der Waals surface area contributed by atoms with Crippen LogP contribution in [0.15, 0.2) is 35.1 Å². The SMILES string of the molecule is O=C1NC[C@H](Oc2cc(Cl)c(-c3noc(-c4cn5cc(C(F)(F)F)cc(Cl)c5n4)n3)cc2Cl)CC1(F)F. The van der Waals surface area contributed by atoms with E-state index in [2.05, 4.69) is 20.4 Å². The van der Waals surface area contributed by atoms with E-state index in [9.17, 15) is 26.7 Å². The Labute approximate surface area is 218 Å². The van der Waals surface area contributed by atoms with Crippen LogP contribution in [0.4, 0.5) is 22.0 Å². The molecular formula is C21H11Cl3F5N5O3. The number of nitrogens with one attached hydrogen (secondary N) is 1. The molecule has 5 rings (SSSR count). The van der Waals surface area contributed by atoms with Crippen molar-refractivity contribution >= 4 is 46.4 Å². The van der Waals surface area contributed by atoms with Crippen LogP contribution in [0, 0.1) is 0 Å². The van der Waals surface area contributed by atoms with Gasteiger partial charge in [-0.25, -0.2) is 4.98 Å². The molecule has 0 spiro atoms. The molecule has 0 aliphatic carbocycles. The van der Waals surface area contributed by atoms with E-state index >= 15 is 0 Å². The van der Waals surface area contributed by atoms with Gasteiger partial charge in [-0.15, -0.1) is 0 Å². The van der Waals surface area contributed by atoms with Gasteiger partial charge in [0.15, 0.2) is 5.65 Å². The Balaban J connectivity index is 1.41. The van der Waals surface area contributed by atoms with E-state index in [0.717, 1.165) is 16.7 Å². The van der Waals surface area contributed by atoms with Crippen molar-refractivity contribution in [2.24, 2.45) is 0 Å².